The van der Waals surface area contributed by atoms with Gasteiger partial charge in [0.2, 0.25) is 11.8 Å². The molecule has 3 aromatic rings. The number of hydrogen-bond donors (Lipinski definition) is 0. The second-order valence-electron chi connectivity index (χ2n) is 8.53. The van der Waals surface area contributed by atoms with Crippen LogP contribution < -0.4 is 9.64 Å². The molecule has 0 aromatic carbocycles. The molecule has 1 fully saturated rings. The fraction of sp³-hybridized carbons (Fsp3) is 0.375. The molecule has 0 unspecified atom stereocenters. The number of carbonyl (C=O) groups is 2. The van der Waals surface area contributed by atoms with Gasteiger partial charge in [0.1, 0.15) is 5.52 Å². The molecule has 0 spiro atoms. The highest BCUT2D eigenvalue weighted by Crippen LogP contribution is 2.37. The van der Waals surface area contributed by atoms with Crippen LogP contribution >= 0.6 is 0 Å². The maximum absolute atomic E-state index is 13.4. The average Bonchev–Trinajstić information content (AvgIpc) is 2.84. The molecule has 0 N–H and O–H groups in total. The summed E-state index contributed by atoms with van der Waals surface area (Å²) < 4.78 is 5.16. The molecule has 3 amide bonds. The summed E-state index contributed by atoms with van der Waals surface area (Å²) in [5, 5.41) is 0. The number of methoxy groups -OCH3 is 1. The van der Waals surface area contributed by atoms with Gasteiger partial charge in [-0.1, -0.05) is 0 Å². The summed E-state index contributed by atoms with van der Waals surface area (Å²) >= 11 is 0. The summed E-state index contributed by atoms with van der Waals surface area (Å²) in [4.78, 5) is 44.4. The van der Waals surface area contributed by atoms with Crippen molar-refractivity contribution in [3.8, 4) is 17.1 Å². The Morgan fingerprint density at radius 2 is 1.88 bits per heavy atom. The van der Waals surface area contributed by atoms with Gasteiger partial charge in [0.25, 0.3) is 0 Å². The van der Waals surface area contributed by atoms with Crippen LogP contribution in [-0.4, -0.2) is 70.0 Å². The zero-order chi connectivity index (χ0) is 23.1. The number of likely N-dealkylation sites (tertiary alicyclic amines) is 1. The van der Waals surface area contributed by atoms with Crippen LogP contribution in [0.3, 0.4) is 0 Å². The number of carbonyl (C=O) groups excluding carboxylic acids is 2. The molecule has 170 valence electrons. The first kappa shape index (κ1) is 21.1. The molecular formula is C24H26N6O3. The van der Waals surface area contributed by atoms with Crippen molar-refractivity contribution in [2.45, 2.75) is 32.4 Å². The van der Waals surface area contributed by atoms with Gasteiger partial charge in [-0.3, -0.25) is 14.7 Å². The summed E-state index contributed by atoms with van der Waals surface area (Å²) in [5.41, 5.74) is 4.85. The van der Waals surface area contributed by atoms with Crippen LogP contribution in [0.4, 0.5) is 10.5 Å². The summed E-state index contributed by atoms with van der Waals surface area (Å²) in [7, 11) is 3.39. The first-order valence-corrected chi connectivity index (χ1v) is 11.0. The van der Waals surface area contributed by atoms with E-state index in [-0.39, 0.29) is 18.0 Å². The van der Waals surface area contributed by atoms with Crippen LogP contribution in [0.5, 0.6) is 5.88 Å². The Hall–Kier alpha value is -3.75. The number of urea groups is 1. The fourth-order valence-corrected chi connectivity index (χ4v) is 4.67. The van der Waals surface area contributed by atoms with E-state index in [9.17, 15) is 9.59 Å². The SMILES string of the molecule is COc1ccc(-c2ccc3ncc4c(c3n2)N(C2CCN(C(C)=O)CC2)C(=O)N(C)C4)cn1. The molecule has 0 saturated carbocycles. The highest BCUT2D eigenvalue weighted by molar-refractivity contribution is 6.04. The van der Waals surface area contributed by atoms with Crippen LogP contribution in [0, 0.1) is 0 Å². The monoisotopic (exact) mass is 446 g/mol. The van der Waals surface area contributed by atoms with Crippen molar-refractivity contribution in [2.75, 3.05) is 32.1 Å². The minimum absolute atomic E-state index is 0.00620. The molecule has 9 nitrogen and oxygen atoms in total. The van der Waals surface area contributed by atoms with E-state index in [0.29, 0.717) is 31.0 Å². The van der Waals surface area contributed by atoms with Crippen LogP contribution in [-0.2, 0) is 11.3 Å². The van der Waals surface area contributed by atoms with Gasteiger partial charge >= 0.3 is 6.03 Å². The molecule has 3 aromatic heterocycles. The molecule has 0 bridgehead atoms. The van der Waals surface area contributed by atoms with E-state index in [0.717, 1.165) is 40.9 Å². The van der Waals surface area contributed by atoms with Gasteiger partial charge in [-0.25, -0.2) is 14.8 Å². The zero-order valence-electron chi connectivity index (χ0n) is 19.0. The summed E-state index contributed by atoms with van der Waals surface area (Å²) in [6, 6.07) is 7.51. The van der Waals surface area contributed by atoms with Crippen molar-refractivity contribution in [3.63, 3.8) is 0 Å². The molecule has 0 aliphatic carbocycles. The van der Waals surface area contributed by atoms with Crippen LogP contribution in [0.2, 0.25) is 0 Å². The lowest BCUT2D eigenvalue weighted by Gasteiger charge is -2.43. The Bertz CT molecular complexity index is 1220. The molecule has 0 radical (unpaired) electrons. The Kier molecular flexibility index (Phi) is 5.32. The van der Waals surface area contributed by atoms with E-state index in [2.05, 4.69) is 9.97 Å². The highest BCUT2D eigenvalue weighted by Gasteiger charge is 2.37. The maximum Gasteiger partial charge on any atom is 0.324 e. The largest absolute Gasteiger partial charge is 0.481 e. The fourth-order valence-electron chi connectivity index (χ4n) is 4.67. The summed E-state index contributed by atoms with van der Waals surface area (Å²) in [5.74, 6) is 0.611. The van der Waals surface area contributed by atoms with Crippen molar-refractivity contribution in [1.29, 1.82) is 0 Å². The van der Waals surface area contributed by atoms with E-state index in [1.807, 2.05) is 34.2 Å². The number of piperidine rings is 1. The number of aromatic nitrogens is 3. The van der Waals surface area contributed by atoms with Crippen LogP contribution in [0.1, 0.15) is 25.3 Å². The van der Waals surface area contributed by atoms with Crippen molar-refractivity contribution >= 4 is 28.7 Å². The third kappa shape index (κ3) is 3.73. The van der Waals surface area contributed by atoms with E-state index in [1.54, 1.807) is 38.2 Å². The first-order chi connectivity index (χ1) is 16.0. The number of rotatable bonds is 3. The number of ether oxygens (including phenoxy) is 1. The zero-order valence-corrected chi connectivity index (χ0v) is 19.0. The van der Waals surface area contributed by atoms with Crippen LogP contribution in [0.15, 0.2) is 36.7 Å². The summed E-state index contributed by atoms with van der Waals surface area (Å²) in [6.07, 6.45) is 5.02. The van der Waals surface area contributed by atoms with Gasteiger partial charge < -0.3 is 14.5 Å². The smallest absolute Gasteiger partial charge is 0.324 e. The van der Waals surface area contributed by atoms with Gasteiger partial charge in [0.05, 0.1) is 30.6 Å². The molecule has 5 rings (SSSR count). The molecule has 2 aliphatic rings. The number of fused-ring (bicyclic) bond motifs is 3. The number of pyridine rings is 3. The molecule has 33 heavy (non-hydrogen) atoms. The third-order valence-corrected chi connectivity index (χ3v) is 6.46. The lowest BCUT2D eigenvalue weighted by Crippen LogP contribution is -2.54. The topological polar surface area (TPSA) is 91.8 Å². The molecular weight excluding hydrogens is 420 g/mol. The predicted octanol–water partition coefficient (Wildman–Crippen LogP) is 3.08. The molecule has 9 heteroatoms. The van der Waals surface area contributed by atoms with Gasteiger partial charge in [-0.05, 0) is 31.0 Å². The number of anilines is 1. The van der Waals surface area contributed by atoms with Crippen molar-refractivity contribution in [2.24, 2.45) is 0 Å². The van der Waals surface area contributed by atoms with Gasteiger partial charge in [0, 0.05) is 62.7 Å². The van der Waals surface area contributed by atoms with Crippen molar-refractivity contribution in [3.05, 3.63) is 42.2 Å². The second-order valence-corrected chi connectivity index (χ2v) is 8.53. The molecule has 0 atom stereocenters. The van der Waals surface area contributed by atoms with Gasteiger partial charge in [-0.15, -0.1) is 0 Å². The van der Waals surface area contributed by atoms with E-state index in [1.165, 1.54) is 0 Å². The van der Waals surface area contributed by atoms with Crippen molar-refractivity contribution < 1.29 is 14.3 Å². The molecule has 2 aliphatic heterocycles. The molecule has 1 saturated heterocycles. The number of nitrogens with zero attached hydrogens (tertiary/aromatic N) is 6. The Labute approximate surface area is 192 Å². The predicted molar refractivity (Wildman–Crippen MR) is 124 cm³/mol. The minimum Gasteiger partial charge on any atom is -0.481 e. The quantitative estimate of drug-likeness (QED) is 0.614. The lowest BCUT2D eigenvalue weighted by molar-refractivity contribution is -0.129. The highest BCUT2D eigenvalue weighted by atomic mass is 16.5. The van der Waals surface area contributed by atoms with Crippen LogP contribution in [0.25, 0.3) is 22.3 Å². The van der Waals surface area contributed by atoms with Gasteiger partial charge in [-0.2, -0.15) is 0 Å². The molecule has 5 heterocycles. The Morgan fingerprint density at radius 1 is 1.09 bits per heavy atom. The number of amides is 3. The standard InChI is InChI=1S/C24H26N6O3/c1-15(31)29-10-8-18(9-11-29)30-23-17(14-28(2)24(30)32)13-25-20-6-5-19(27-22(20)23)16-4-7-21(33-3)26-12-16/h4-7,12-13,18H,8-11,14H2,1-3H3. The second kappa shape index (κ2) is 8.31. The van der Waals surface area contributed by atoms with E-state index < -0.39 is 0 Å². The maximum atomic E-state index is 13.4. The first-order valence-electron chi connectivity index (χ1n) is 11.0. The normalized spacial score (nSPS) is 16.8. The Morgan fingerprint density at radius 3 is 2.55 bits per heavy atom. The lowest BCUT2D eigenvalue weighted by atomic mass is 9.99. The van der Waals surface area contributed by atoms with E-state index >= 15 is 0 Å². The third-order valence-electron chi connectivity index (χ3n) is 6.46. The minimum atomic E-state index is -0.0467. The van der Waals surface area contributed by atoms with E-state index in [4.69, 9.17) is 9.72 Å². The van der Waals surface area contributed by atoms with Crippen molar-refractivity contribution in [1.82, 2.24) is 24.8 Å². The average molecular weight is 447 g/mol. The number of hydrogen-bond acceptors (Lipinski definition) is 6. The Balaban J connectivity index is 1.59. The van der Waals surface area contributed by atoms with Gasteiger partial charge in [0.15, 0.2) is 0 Å². The summed E-state index contributed by atoms with van der Waals surface area (Å²) in [6.45, 7) is 3.36.